The molecule has 0 atom stereocenters. The van der Waals surface area contributed by atoms with E-state index in [0.717, 1.165) is 16.9 Å². The van der Waals surface area contributed by atoms with Crippen LogP contribution in [-0.2, 0) is 6.54 Å². The lowest BCUT2D eigenvalue weighted by atomic mass is 10.1. The number of Topliss-reactive ketones (excluding diaryl/α,β-unsaturated/α-hetero) is 1. The fourth-order valence-electron chi connectivity index (χ4n) is 3.34. The summed E-state index contributed by atoms with van der Waals surface area (Å²) < 4.78 is 18.0. The average molecular weight is 450 g/mol. The lowest BCUT2D eigenvalue weighted by Crippen LogP contribution is -2.07. The zero-order valence-electron chi connectivity index (χ0n) is 18.1. The Balaban J connectivity index is 1.59. The molecule has 0 saturated carbocycles. The third-order valence-corrected chi connectivity index (χ3v) is 6.00. The number of thioether (sulfide) groups is 1. The number of ketones is 1. The van der Waals surface area contributed by atoms with E-state index in [1.165, 1.54) is 11.8 Å². The highest BCUT2D eigenvalue weighted by Gasteiger charge is 2.19. The van der Waals surface area contributed by atoms with Crippen LogP contribution < -0.4 is 9.47 Å². The molecule has 0 amide bonds. The minimum absolute atomic E-state index is 0.0359. The van der Waals surface area contributed by atoms with E-state index in [1.807, 2.05) is 35.8 Å². The van der Waals surface area contributed by atoms with Gasteiger partial charge in [0.15, 0.2) is 28.3 Å². The van der Waals surface area contributed by atoms with Crippen molar-refractivity contribution in [1.82, 2.24) is 14.8 Å². The molecule has 7 nitrogen and oxygen atoms in total. The number of aryl methyl sites for hydroxylation is 1. The average Bonchev–Trinajstić information content (AvgIpc) is 3.42. The van der Waals surface area contributed by atoms with Crippen LogP contribution in [0.4, 0.5) is 0 Å². The summed E-state index contributed by atoms with van der Waals surface area (Å²) in [7, 11) is 3.11. The van der Waals surface area contributed by atoms with Crippen molar-refractivity contribution < 1.29 is 18.7 Å². The van der Waals surface area contributed by atoms with Crippen molar-refractivity contribution in [2.75, 3.05) is 20.0 Å². The van der Waals surface area contributed by atoms with Gasteiger partial charge in [0.05, 0.1) is 38.3 Å². The van der Waals surface area contributed by atoms with Crippen molar-refractivity contribution in [3.63, 3.8) is 0 Å². The van der Waals surface area contributed by atoms with Crippen molar-refractivity contribution in [3.05, 3.63) is 77.7 Å². The number of rotatable bonds is 9. The van der Waals surface area contributed by atoms with Gasteiger partial charge in [-0.15, -0.1) is 10.2 Å². The number of hydrogen-bond acceptors (Lipinski definition) is 7. The highest BCUT2D eigenvalue weighted by molar-refractivity contribution is 7.99. The van der Waals surface area contributed by atoms with E-state index < -0.39 is 0 Å². The Bertz CT molecular complexity index is 1220. The molecule has 0 bridgehead atoms. The fourth-order valence-corrected chi connectivity index (χ4v) is 4.18. The van der Waals surface area contributed by atoms with Crippen LogP contribution in [0.1, 0.15) is 21.7 Å². The van der Waals surface area contributed by atoms with Gasteiger partial charge in [0, 0.05) is 5.56 Å². The molecule has 0 spiro atoms. The number of carbonyl (C=O) groups is 1. The quantitative estimate of drug-likeness (QED) is 0.266. The van der Waals surface area contributed by atoms with E-state index in [0.29, 0.717) is 34.6 Å². The first-order valence-electron chi connectivity index (χ1n) is 10.00. The van der Waals surface area contributed by atoms with Crippen LogP contribution in [0, 0.1) is 6.92 Å². The molecule has 4 rings (SSSR count). The van der Waals surface area contributed by atoms with Crippen molar-refractivity contribution in [1.29, 1.82) is 0 Å². The van der Waals surface area contributed by atoms with Crippen LogP contribution in [0.5, 0.6) is 11.5 Å². The van der Waals surface area contributed by atoms with Gasteiger partial charge in [0.2, 0.25) is 0 Å². The van der Waals surface area contributed by atoms with E-state index in [4.69, 9.17) is 13.9 Å². The number of methoxy groups -OCH3 is 2. The number of benzene rings is 2. The molecule has 0 N–H and O–H groups in total. The first-order valence-corrected chi connectivity index (χ1v) is 11.0. The Hall–Kier alpha value is -3.52. The second-order valence-electron chi connectivity index (χ2n) is 7.05. The van der Waals surface area contributed by atoms with E-state index in [9.17, 15) is 4.79 Å². The highest BCUT2D eigenvalue weighted by Crippen LogP contribution is 2.30. The third kappa shape index (κ3) is 4.55. The SMILES string of the molecule is COc1ccc(C(=O)CSc2nnc(-c3ccoc3C)n2Cc2ccccc2)cc1OC. The molecular formula is C24H23N3O4S. The van der Waals surface area contributed by atoms with Crippen molar-refractivity contribution in [2.45, 2.75) is 18.6 Å². The Morgan fingerprint density at radius 3 is 2.50 bits per heavy atom. The summed E-state index contributed by atoms with van der Waals surface area (Å²) in [5.74, 6) is 2.76. The third-order valence-electron chi connectivity index (χ3n) is 5.04. The topological polar surface area (TPSA) is 79.4 Å². The summed E-state index contributed by atoms with van der Waals surface area (Å²) in [4.78, 5) is 12.9. The summed E-state index contributed by atoms with van der Waals surface area (Å²) in [6, 6.07) is 17.1. The summed E-state index contributed by atoms with van der Waals surface area (Å²) in [6.07, 6.45) is 1.64. The smallest absolute Gasteiger partial charge is 0.192 e. The maximum absolute atomic E-state index is 12.9. The molecule has 0 radical (unpaired) electrons. The second kappa shape index (κ2) is 9.74. The molecule has 0 saturated heterocycles. The van der Waals surface area contributed by atoms with E-state index in [1.54, 1.807) is 38.7 Å². The largest absolute Gasteiger partial charge is 0.493 e. The Labute approximate surface area is 190 Å². The summed E-state index contributed by atoms with van der Waals surface area (Å²) in [6.45, 7) is 2.48. The van der Waals surface area contributed by atoms with Crippen molar-refractivity contribution in [2.24, 2.45) is 0 Å². The number of carbonyl (C=O) groups excluding carboxylic acids is 1. The normalized spacial score (nSPS) is 10.8. The van der Waals surface area contributed by atoms with Gasteiger partial charge in [0.1, 0.15) is 5.76 Å². The standard InChI is InChI=1S/C24H23N3O4S/c1-16-19(11-12-31-16)23-25-26-24(27(23)14-17-7-5-4-6-8-17)32-15-20(28)18-9-10-21(29-2)22(13-18)30-3/h4-13H,14-15H2,1-3H3. The minimum Gasteiger partial charge on any atom is -0.493 e. The van der Waals surface area contributed by atoms with Gasteiger partial charge in [-0.05, 0) is 36.8 Å². The molecular weight excluding hydrogens is 426 g/mol. The molecule has 8 heteroatoms. The Kier molecular flexibility index (Phi) is 6.61. The molecule has 2 aromatic heterocycles. The van der Waals surface area contributed by atoms with Crippen molar-refractivity contribution in [3.8, 4) is 22.9 Å². The lowest BCUT2D eigenvalue weighted by molar-refractivity contribution is 0.102. The highest BCUT2D eigenvalue weighted by atomic mass is 32.2. The van der Waals surface area contributed by atoms with Gasteiger partial charge in [-0.3, -0.25) is 9.36 Å². The molecule has 2 heterocycles. The zero-order chi connectivity index (χ0) is 22.5. The lowest BCUT2D eigenvalue weighted by Gasteiger charge is -2.11. The van der Waals surface area contributed by atoms with Gasteiger partial charge in [-0.1, -0.05) is 42.1 Å². The molecule has 2 aromatic carbocycles. The summed E-state index contributed by atoms with van der Waals surface area (Å²) >= 11 is 1.35. The van der Waals surface area contributed by atoms with E-state index in [2.05, 4.69) is 22.3 Å². The maximum Gasteiger partial charge on any atom is 0.192 e. The van der Waals surface area contributed by atoms with Gasteiger partial charge in [-0.25, -0.2) is 0 Å². The second-order valence-corrected chi connectivity index (χ2v) is 7.99. The molecule has 0 fully saturated rings. The molecule has 0 unspecified atom stereocenters. The number of furan rings is 1. The molecule has 4 aromatic rings. The summed E-state index contributed by atoms with van der Waals surface area (Å²) in [5.41, 5.74) is 2.55. The van der Waals surface area contributed by atoms with Crippen LogP contribution in [0.15, 0.2) is 70.4 Å². The Morgan fingerprint density at radius 2 is 1.81 bits per heavy atom. The van der Waals surface area contributed by atoms with Crippen LogP contribution in [0.25, 0.3) is 11.4 Å². The fraction of sp³-hybridized carbons (Fsp3) is 0.208. The maximum atomic E-state index is 12.9. The predicted octanol–water partition coefficient (Wildman–Crippen LogP) is 4.89. The number of hydrogen-bond donors (Lipinski definition) is 0. The predicted molar refractivity (Wildman–Crippen MR) is 123 cm³/mol. The van der Waals surface area contributed by atoms with E-state index >= 15 is 0 Å². The Morgan fingerprint density at radius 1 is 1.03 bits per heavy atom. The van der Waals surface area contributed by atoms with Crippen LogP contribution in [-0.4, -0.2) is 40.5 Å². The molecule has 0 aliphatic carbocycles. The molecule has 164 valence electrons. The van der Waals surface area contributed by atoms with Crippen molar-refractivity contribution >= 4 is 17.5 Å². The number of nitrogens with zero attached hydrogens (tertiary/aromatic N) is 3. The van der Waals surface area contributed by atoms with Gasteiger partial charge >= 0.3 is 0 Å². The first-order chi connectivity index (χ1) is 15.6. The van der Waals surface area contributed by atoms with E-state index in [-0.39, 0.29) is 11.5 Å². The summed E-state index contributed by atoms with van der Waals surface area (Å²) in [5, 5.41) is 9.44. The van der Waals surface area contributed by atoms with Gasteiger partial charge < -0.3 is 13.9 Å². The molecule has 0 aliphatic heterocycles. The van der Waals surface area contributed by atoms with Crippen LogP contribution in [0.2, 0.25) is 0 Å². The number of ether oxygens (including phenoxy) is 2. The molecule has 0 aliphatic rings. The van der Waals surface area contributed by atoms with Gasteiger partial charge in [-0.2, -0.15) is 0 Å². The minimum atomic E-state index is -0.0359. The van der Waals surface area contributed by atoms with Crippen LogP contribution >= 0.6 is 11.8 Å². The zero-order valence-corrected chi connectivity index (χ0v) is 18.9. The van der Waals surface area contributed by atoms with Crippen LogP contribution in [0.3, 0.4) is 0 Å². The van der Waals surface area contributed by atoms with Gasteiger partial charge in [0.25, 0.3) is 0 Å². The number of aromatic nitrogens is 3. The monoisotopic (exact) mass is 449 g/mol. The molecule has 32 heavy (non-hydrogen) atoms. The first kappa shape index (κ1) is 21.7.